The number of carbonyl (C=O) groups excluding carboxylic acids is 2. The van der Waals surface area contributed by atoms with Gasteiger partial charge in [-0.25, -0.2) is 9.18 Å². The van der Waals surface area contributed by atoms with Crippen LogP contribution in [-0.2, 0) is 25.5 Å². The van der Waals surface area contributed by atoms with Gasteiger partial charge in [-0.3, -0.25) is 9.59 Å². The van der Waals surface area contributed by atoms with Crippen LogP contribution in [0.1, 0.15) is 60.9 Å². The van der Waals surface area contributed by atoms with Crippen molar-refractivity contribution in [3.63, 3.8) is 0 Å². The van der Waals surface area contributed by atoms with Gasteiger partial charge in [0.25, 0.3) is 5.79 Å². The lowest BCUT2D eigenvalue weighted by Crippen LogP contribution is -2.59. The summed E-state index contributed by atoms with van der Waals surface area (Å²) in [4.78, 5) is 40.0. The lowest BCUT2D eigenvalue weighted by molar-refractivity contribution is -0.237. The monoisotopic (exact) mass is 564 g/mol. The molecule has 9 heteroatoms. The van der Waals surface area contributed by atoms with E-state index in [9.17, 15) is 23.9 Å². The summed E-state index contributed by atoms with van der Waals surface area (Å²) in [5.74, 6) is -3.56. The number of nitrogens with zero attached hydrogens (tertiary/aromatic N) is 1. The second-order valence-electron chi connectivity index (χ2n) is 11.6. The fourth-order valence-corrected chi connectivity index (χ4v) is 6.70. The molecule has 8 nitrogen and oxygen atoms in total. The molecular weight excluding hydrogens is 527 g/mol. The van der Waals surface area contributed by atoms with Crippen LogP contribution in [0.2, 0.25) is 0 Å². The molecular formula is C32H37FN2O6. The van der Waals surface area contributed by atoms with E-state index in [2.05, 4.69) is 4.90 Å². The number of primary amides is 1. The molecule has 5 rings (SSSR count). The molecule has 2 fully saturated rings. The van der Waals surface area contributed by atoms with Crippen molar-refractivity contribution in [2.75, 3.05) is 19.6 Å². The number of hydrogen-bond donors (Lipinski definition) is 2. The third kappa shape index (κ3) is 6.00. The van der Waals surface area contributed by atoms with Crippen LogP contribution >= 0.6 is 0 Å². The van der Waals surface area contributed by atoms with Gasteiger partial charge in [0.2, 0.25) is 11.7 Å². The third-order valence-electron chi connectivity index (χ3n) is 9.22. The maximum atomic E-state index is 13.2. The summed E-state index contributed by atoms with van der Waals surface area (Å²) in [6.07, 6.45) is 6.17. The van der Waals surface area contributed by atoms with Crippen LogP contribution in [-0.4, -0.2) is 53.1 Å². The highest BCUT2D eigenvalue weighted by molar-refractivity contribution is 5.97. The van der Waals surface area contributed by atoms with E-state index in [0.717, 1.165) is 63.6 Å². The zero-order chi connectivity index (χ0) is 29.0. The van der Waals surface area contributed by atoms with Crippen LogP contribution in [0.25, 0.3) is 0 Å². The molecule has 0 aromatic heterocycles. The Kier molecular flexibility index (Phi) is 8.45. The molecule has 3 aliphatic rings. The summed E-state index contributed by atoms with van der Waals surface area (Å²) >= 11 is 0. The van der Waals surface area contributed by atoms with Gasteiger partial charge in [0, 0.05) is 11.5 Å². The van der Waals surface area contributed by atoms with E-state index in [4.69, 9.17) is 15.2 Å². The standard InChI is InChI=1S/C32H37FN2O6/c33-26-8-6-24(7-9-26)28(36)25-13-18-35(19-14-25)17-12-22-10-15-31(16-11-22,30(34)39)32(20-23-4-2-1-3-5-23)40-21-27(41-32)29(37)38/h1-9,21-22,25H,10-20H2,(H2,34,39)(H,37,38). The van der Waals surface area contributed by atoms with Crippen LogP contribution in [0.4, 0.5) is 4.39 Å². The molecule has 41 heavy (non-hydrogen) atoms. The third-order valence-corrected chi connectivity index (χ3v) is 9.22. The van der Waals surface area contributed by atoms with E-state index in [-0.39, 0.29) is 29.7 Å². The van der Waals surface area contributed by atoms with E-state index in [1.807, 2.05) is 30.3 Å². The number of piperidine rings is 1. The summed E-state index contributed by atoms with van der Waals surface area (Å²) in [6.45, 7) is 2.57. The molecule has 2 aliphatic heterocycles. The van der Waals surface area contributed by atoms with Crippen molar-refractivity contribution >= 4 is 17.7 Å². The molecule has 0 spiro atoms. The molecule has 1 atom stereocenters. The van der Waals surface area contributed by atoms with Crippen LogP contribution < -0.4 is 5.73 Å². The Balaban J connectivity index is 1.18. The highest BCUT2D eigenvalue weighted by Crippen LogP contribution is 2.53. The van der Waals surface area contributed by atoms with Gasteiger partial charge < -0.3 is 25.2 Å². The minimum Gasteiger partial charge on any atom is -0.475 e. The van der Waals surface area contributed by atoms with Crippen molar-refractivity contribution in [3.05, 3.63) is 83.6 Å². The van der Waals surface area contributed by atoms with Gasteiger partial charge in [0.05, 0.1) is 6.42 Å². The van der Waals surface area contributed by atoms with E-state index >= 15 is 0 Å². The normalized spacial score (nSPS) is 27.0. The van der Waals surface area contributed by atoms with Crippen molar-refractivity contribution < 1.29 is 33.4 Å². The highest BCUT2D eigenvalue weighted by Gasteiger charge is 2.63. The molecule has 1 saturated carbocycles. The molecule has 3 N–H and O–H groups in total. The molecule has 2 aromatic rings. The SMILES string of the molecule is NC(=O)C1(C2(Cc3ccccc3)OC=C(C(=O)O)O2)CCC(CCN2CCC(C(=O)c3ccc(F)cc3)CC2)CC1. The highest BCUT2D eigenvalue weighted by atomic mass is 19.1. The summed E-state index contributed by atoms with van der Waals surface area (Å²) < 4.78 is 25.1. The maximum absolute atomic E-state index is 13.2. The van der Waals surface area contributed by atoms with Crippen molar-refractivity contribution in [2.45, 2.75) is 57.2 Å². The Morgan fingerprint density at radius 2 is 1.63 bits per heavy atom. The van der Waals surface area contributed by atoms with Crippen LogP contribution in [0, 0.1) is 23.1 Å². The Bertz CT molecular complexity index is 1280. The van der Waals surface area contributed by atoms with E-state index in [1.165, 1.54) is 12.1 Å². The van der Waals surface area contributed by atoms with E-state index in [0.29, 0.717) is 24.3 Å². The smallest absolute Gasteiger partial charge is 0.374 e. The Morgan fingerprint density at radius 1 is 0.976 bits per heavy atom. The van der Waals surface area contributed by atoms with E-state index in [1.54, 1.807) is 12.1 Å². The largest absolute Gasteiger partial charge is 0.475 e. The molecule has 2 heterocycles. The number of likely N-dealkylation sites (tertiary alicyclic amines) is 1. The second kappa shape index (κ2) is 12.0. The number of Topliss-reactive ketones (excluding diaryl/α,β-unsaturated/α-hetero) is 1. The summed E-state index contributed by atoms with van der Waals surface area (Å²) in [5.41, 5.74) is 6.29. The van der Waals surface area contributed by atoms with Crippen molar-refractivity contribution in [1.82, 2.24) is 4.90 Å². The molecule has 0 radical (unpaired) electrons. The zero-order valence-electron chi connectivity index (χ0n) is 23.1. The number of aliphatic carboxylic acids is 1. The number of ketones is 1. The average Bonchev–Trinajstić information content (AvgIpc) is 3.43. The second-order valence-corrected chi connectivity index (χ2v) is 11.6. The number of carbonyl (C=O) groups is 3. The number of hydrogen-bond acceptors (Lipinski definition) is 6. The number of ether oxygens (including phenoxy) is 2. The first-order chi connectivity index (χ1) is 19.7. The lowest BCUT2D eigenvalue weighted by Gasteiger charge is -2.48. The molecule has 0 bridgehead atoms. The predicted molar refractivity (Wildman–Crippen MR) is 149 cm³/mol. The fourth-order valence-electron chi connectivity index (χ4n) is 6.70. The molecule has 2 aromatic carbocycles. The van der Waals surface area contributed by atoms with Crippen molar-refractivity contribution in [1.29, 1.82) is 0 Å². The van der Waals surface area contributed by atoms with Gasteiger partial charge in [-0.05, 0) is 100 Å². The van der Waals surface area contributed by atoms with E-state index < -0.39 is 23.1 Å². The molecule has 218 valence electrons. The summed E-state index contributed by atoms with van der Waals surface area (Å²) in [7, 11) is 0. The van der Waals surface area contributed by atoms with Crippen molar-refractivity contribution in [2.24, 2.45) is 23.0 Å². The Hall–Kier alpha value is -3.72. The number of amides is 1. The summed E-state index contributed by atoms with van der Waals surface area (Å²) in [6, 6.07) is 15.2. The Morgan fingerprint density at radius 3 is 2.22 bits per heavy atom. The lowest BCUT2D eigenvalue weighted by atomic mass is 9.63. The van der Waals surface area contributed by atoms with Gasteiger partial charge in [0.15, 0.2) is 5.78 Å². The first-order valence-electron chi connectivity index (χ1n) is 14.4. The molecule has 1 unspecified atom stereocenters. The number of carboxylic acids is 1. The van der Waals surface area contributed by atoms with Crippen molar-refractivity contribution in [3.8, 4) is 0 Å². The first kappa shape index (κ1) is 28.8. The molecule has 1 amide bonds. The minimum atomic E-state index is -1.52. The van der Waals surface area contributed by atoms with Gasteiger partial charge in [-0.15, -0.1) is 0 Å². The van der Waals surface area contributed by atoms with Crippen LogP contribution in [0.15, 0.2) is 66.6 Å². The Labute approximate surface area is 239 Å². The molecule has 1 saturated heterocycles. The maximum Gasteiger partial charge on any atom is 0.374 e. The number of carboxylic acid groups (broad SMARTS) is 1. The zero-order valence-corrected chi connectivity index (χ0v) is 23.1. The minimum absolute atomic E-state index is 0.0425. The van der Waals surface area contributed by atoms with Gasteiger partial charge in [0.1, 0.15) is 17.5 Å². The number of benzene rings is 2. The number of rotatable bonds is 10. The number of halogens is 1. The van der Waals surface area contributed by atoms with Gasteiger partial charge >= 0.3 is 5.97 Å². The van der Waals surface area contributed by atoms with Crippen LogP contribution in [0.5, 0.6) is 0 Å². The van der Waals surface area contributed by atoms with Gasteiger partial charge in [-0.2, -0.15) is 0 Å². The average molecular weight is 565 g/mol. The molecule has 1 aliphatic carbocycles. The first-order valence-corrected chi connectivity index (χ1v) is 14.4. The summed E-state index contributed by atoms with van der Waals surface area (Å²) in [5, 5.41) is 9.56. The van der Waals surface area contributed by atoms with Gasteiger partial charge in [-0.1, -0.05) is 30.3 Å². The quantitative estimate of drug-likeness (QED) is 0.402. The van der Waals surface area contributed by atoms with Crippen LogP contribution in [0.3, 0.4) is 0 Å². The number of nitrogens with two attached hydrogens (primary N) is 1. The fraction of sp³-hybridized carbons (Fsp3) is 0.469. The predicted octanol–water partition coefficient (Wildman–Crippen LogP) is 4.68. The topological polar surface area (TPSA) is 119 Å².